The van der Waals surface area contributed by atoms with Crippen LogP contribution in [0.5, 0.6) is 0 Å². The van der Waals surface area contributed by atoms with Crippen molar-refractivity contribution in [3.05, 3.63) is 23.5 Å². The number of amides is 1. The first-order valence-electron chi connectivity index (χ1n) is 13.3. The van der Waals surface area contributed by atoms with Crippen LogP contribution in [0.3, 0.4) is 0 Å². The molecule has 37 heavy (non-hydrogen) atoms. The van der Waals surface area contributed by atoms with Crippen LogP contribution < -0.4 is 4.90 Å². The van der Waals surface area contributed by atoms with Gasteiger partial charge in [0.25, 0.3) is 0 Å². The van der Waals surface area contributed by atoms with Crippen LogP contribution in [0.15, 0.2) is 12.1 Å². The number of carbonyl (C=O) groups excluding carboxylic acids is 1. The van der Waals surface area contributed by atoms with Crippen molar-refractivity contribution in [3.63, 3.8) is 0 Å². The summed E-state index contributed by atoms with van der Waals surface area (Å²) in [6.07, 6.45) is 2.31. The molecule has 0 unspecified atom stereocenters. The monoisotopic (exact) mass is 519 g/mol. The molecule has 1 aromatic carbocycles. The molecule has 2 aromatic rings. The molecule has 5 rings (SSSR count). The summed E-state index contributed by atoms with van der Waals surface area (Å²) in [4.78, 5) is 30.9. The molecule has 0 spiro atoms. The van der Waals surface area contributed by atoms with E-state index in [9.17, 15) is 28.6 Å². The minimum atomic E-state index is -2.71. The van der Waals surface area contributed by atoms with Crippen molar-refractivity contribution in [1.29, 1.82) is 0 Å². The predicted molar refractivity (Wildman–Crippen MR) is 133 cm³/mol. The lowest BCUT2D eigenvalue weighted by atomic mass is 9.82. The SMILES string of the molecule is COC(=O)N1c2ccc3c(nc([C@@H](O)C4CCC(F)(F)CC4)n3[C@@H]3CCC[C@@H](C(=O)O)C3)c2CC[C@@H]1C. The number of aromatic nitrogens is 2. The van der Waals surface area contributed by atoms with E-state index in [4.69, 9.17) is 9.72 Å². The molecule has 2 N–H and O–H groups in total. The fraction of sp³-hybridized carbons (Fsp3) is 0.667. The van der Waals surface area contributed by atoms with E-state index < -0.39 is 30.0 Å². The quantitative estimate of drug-likeness (QED) is 0.543. The molecule has 202 valence electrons. The smallest absolute Gasteiger partial charge is 0.414 e. The Hall–Kier alpha value is -2.75. The highest BCUT2D eigenvalue weighted by atomic mass is 19.3. The number of halogens is 2. The molecule has 2 aliphatic carbocycles. The Kier molecular flexibility index (Phi) is 6.89. The highest BCUT2D eigenvalue weighted by molar-refractivity contribution is 5.95. The fourth-order valence-electron chi connectivity index (χ4n) is 6.60. The Morgan fingerprint density at radius 2 is 1.89 bits per heavy atom. The number of nitrogens with zero attached hydrogens (tertiary/aromatic N) is 3. The van der Waals surface area contributed by atoms with Gasteiger partial charge in [-0.05, 0) is 69.9 Å². The number of aliphatic carboxylic acids is 1. The first-order valence-corrected chi connectivity index (χ1v) is 13.3. The second-order valence-electron chi connectivity index (χ2n) is 11.0. The molecule has 2 heterocycles. The van der Waals surface area contributed by atoms with E-state index in [2.05, 4.69) is 0 Å². The van der Waals surface area contributed by atoms with Crippen LogP contribution in [0.1, 0.15) is 88.2 Å². The summed E-state index contributed by atoms with van der Waals surface area (Å²) in [5, 5.41) is 21.2. The van der Waals surface area contributed by atoms with Crippen molar-refractivity contribution in [2.24, 2.45) is 11.8 Å². The van der Waals surface area contributed by atoms with Gasteiger partial charge in [0.1, 0.15) is 11.9 Å². The third kappa shape index (κ3) is 4.69. The Morgan fingerprint density at radius 3 is 2.57 bits per heavy atom. The molecule has 8 nitrogen and oxygen atoms in total. The molecular formula is C27H35F2N3O5. The molecule has 0 radical (unpaired) electrons. The van der Waals surface area contributed by atoms with E-state index >= 15 is 0 Å². The highest BCUT2D eigenvalue weighted by Crippen LogP contribution is 2.45. The average molecular weight is 520 g/mol. The molecule has 2 saturated carbocycles. The maximum Gasteiger partial charge on any atom is 0.414 e. The molecular weight excluding hydrogens is 484 g/mol. The number of alkyl halides is 2. The summed E-state index contributed by atoms with van der Waals surface area (Å²) in [5.41, 5.74) is 3.05. The lowest BCUT2D eigenvalue weighted by Crippen LogP contribution is -2.42. The van der Waals surface area contributed by atoms with Gasteiger partial charge in [0.05, 0.1) is 29.7 Å². The summed E-state index contributed by atoms with van der Waals surface area (Å²) < 4.78 is 34.7. The third-order valence-corrected chi connectivity index (χ3v) is 8.69. The number of imidazole rings is 1. The molecule has 4 atom stereocenters. The molecule has 10 heteroatoms. The Balaban J connectivity index is 1.62. The zero-order valence-electron chi connectivity index (χ0n) is 21.3. The molecule has 1 aromatic heterocycles. The van der Waals surface area contributed by atoms with E-state index in [0.29, 0.717) is 42.7 Å². The van der Waals surface area contributed by atoms with Gasteiger partial charge in [-0.2, -0.15) is 0 Å². The van der Waals surface area contributed by atoms with Crippen molar-refractivity contribution >= 4 is 28.8 Å². The van der Waals surface area contributed by atoms with Gasteiger partial charge >= 0.3 is 12.1 Å². The van der Waals surface area contributed by atoms with Crippen LogP contribution in [-0.4, -0.2) is 50.9 Å². The zero-order chi connectivity index (χ0) is 26.5. The van der Waals surface area contributed by atoms with Gasteiger partial charge in [-0.3, -0.25) is 9.69 Å². The van der Waals surface area contributed by atoms with Crippen molar-refractivity contribution < 1.29 is 33.3 Å². The van der Waals surface area contributed by atoms with Gasteiger partial charge in [-0.25, -0.2) is 18.6 Å². The number of hydrogen-bond donors (Lipinski definition) is 2. The van der Waals surface area contributed by atoms with Crippen LogP contribution in [-0.2, 0) is 16.0 Å². The topological polar surface area (TPSA) is 105 Å². The summed E-state index contributed by atoms with van der Waals surface area (Å²) >= 11 is 0. The van der Waals surface area contributed by atoms with Crippen LogP contribution in [0.25, 0.3) is 11.0 Å². The number of fused-ring (bicyclic) bond motifs is 3. The maximum absolute atomic E-state index is 13.9. The molecule has 0 saturated heterocycles. The van der Waals surface area contributed by atoms with Gasteiger partial charge in [-0.1, -0.05) is 6.42 Å². The maximum atomic E-state index is 13.9. The van der Waals surface area contributed by atoms with E-state index in [1.165, 1.54) is 7.11 Å². The number of methoxy groups -OCH3 is 1. The van der Waals surface area contributed by atoms with Gasteiger partial charge in [0.15, 0.2) is 0 Å². The Morgan fingerprint density at radius 1 is 1.16 bits per heavy atom. The predicted octanol–water partition coefficient (Wildman–Crippen LogP) is 5.62. The first-order chi connectivity index (χ1) is 17.6. The molecule has 1 aliphatic heterocycles. The summed E-state index contributed by atoms with van der Waals surface area (Å²) in [7, 11) is 1.35. The second kappa shape index (κ2) is 9.85. The van der Waals surface area contributed by atoms with Crippen molar-refractivity contribution in [2.75, 3.05) is 12.0 Å². The van der Waals surface area contributed by atoms with E-state index in [1.54, 1.807) is 4.90 Å². The Bertz CT molecular complexity index is 1190. The number of benzene rings is 1. The number of carboxylic acid groups (broad SMARTS) is 1. The molecule has 3 aliphatic rings. The van der Waals surface area contributed by atoms with E-state index in [0.717, 1.165) is 23.9 Å². The number of carbonyl (C=O) groups is 2. The number of carboxylic acids is 1. The number of ether oxygens (including phenoxy) is 1. The normalized spacial score (nSPS) is 27.1. The molecule has 1 amide bonds. The third-order valence-electron chi connectivity index (χ3n) is 8.69. The number of rotatable bonds is 4. The number of aryl methyl sites for hydroxylation is 1. The first kappa shape index (κ1) is 25.9. The lowest BCUT2D eigenvalue weighted by Gasteiger charge is -2.34. The van der Waals surface area contributed by atoms with Gasteiger partial charge < -0.3 is 19.5 Å². The number of hydrogen-bond acceptors (Lipinski definition) is 5. The largest absolute Gasteiger partial charge is 0.481 e. The number of anilines is 1. The summed E-state index contributed by atoms with van der Waals surface area (Å²) in [6.45, 7) is 1.96. The van der Waals surface area contributed by atoms with Gasteiger partial charge in [0, 0.05) is 30.5 Å². The van der Waals surface area contributed by atoms with Crippen molar-refractivity contribution in [1.82, 2.24) is 9.55 Å². The lowest BCUT2D eigenvalue weighted by molar-refractivity contribution is -0.143. The molecule has 0 bridgehead atoms. The second-order valence-corrected chi connectivity index (χ2v) is 11.0. The standard InChI is InChI=1S/C27H35F2N3O5/c1-15-6-7-19-20(31(15)26(36)37-2)8-9-21-22(19)30-24(23(33)16-10-12-27(28,29)13-11-16)32(21)18-5-3-4-17(14-18)25(34)35/h8-9,15-18,23,33H,3-7,10-14H2,1-2H3,(H,34,35)/t15-,17+,18+,23-/m0/s1. The van der Waals surface area contributed by atoms with Gasteiger partial charge in [0.2, 0.25) is 5.92 Å². The zero-order valence-corrected chi connectivity index (χ0v) is 21.3. The Labute approximate surface area is 214 Å². The summed E-state index contributed by atoms with van der Waals surface area (Å²) in [6, 6.07) is 3.53. The number of aliphatic hydroxyl groups is 1. The average Bonchev–Trinajstić information content (AvgIpc) is 3.27. The van der Waals surface area contributed by atoms with Crippen LogP contribution >= 0.6 is 0 Å². The van der Waals surface area contributed by atoms with E-state index in [1.807, 2.05) is 23.6 Å². The fourth-order valence-corrected chi connectivity index (χ4v) is 6.60. The minimum Gasteiger partial charge on any atom is -0.481 e. The van der Waals surface area contributed by atoms with Gasteiger partial charge in [-0.15, -0.1) is 0 Å². The van der Waals surface area contributed by atoms with E-state index in [-0.39, 0.29) is 43.7 Å². The molecule has 2 fully saturated rings. The van der Waals surface area contributed by atoms with Crippen LogP contribution in [0, 0.1) is 11.8 Å². The van der Waals surface area contributed by atoms with Crippen LogP contribution in [0.4, 0.5) is 19.3 Å². The number of aliphatic hydroxyl groups excluding tert-OH is 1. The minimum absolute atomic E-state index is 0.0527. The van der Waals surface area contributed by atoms with Crippen LogP contribution in [0.2, 0.25) is 0 Å². The summed E-state index contributed by atoms with van der Waals surface area (Å²) in [5.74, 6) is -3.95. The van der Waals surface area contributed by atoms with Crippen molar-refractivity contribution in [3.8, 4) is 0 Å². The van der Waals surface area contributed by atoms with Crippen molar-refractivity contribution in [2.45, 2.75) is 95.2 Å². The highest BCUT2D eigenvalue weighted by Gasteiger charge is 2.41.